The van der Waals surface area contributed by atoms with Crippen molar-refractivity contribution in [3.05, 3.63) is 94.5 Å². The van der Waals surface area contributed by atoms with Gasteiger partial charge >= 0.3 is 0 Å². The lowest BCUT2D eigenvalue weighted by Gasteiger charge is -2.16. The second-order valence-corrected chi connectivity index (χ2v) is 7.09. The van der Waals surface area contributed by atoms with Crippen LogP contribution in [-0.2, 0) is 0 Å². The predicted octanol–water partition coefficient (Wildman–Crippen LogP) is 5.48. The fourth-order valence-electron chi connectivity index (χ4n) is 3.00. The Hall–Kier alpha value is -3.31. The third kappa shape index (κ3) is 5.19. The molecule has 2 N–H and O–H groups in total. The number of nitrogens with one attached hydrogen (secondary N) is 2. The van der Waals surface area contributed by atoms with Gasteiger partial charge < -0.3 is 15.4 Å². The molecule has 3 rings (SSSR count). The normalized spacial score (nSPS) is 11.4. The smallest absolute Gasteiger partial charge is 0.255 e. The Kier molecular flexibility index (Phi) is 7.09. The van der Waals surface area contributed by atoms with Crippen molar-refractivity contribution in [3.63, 3.8) is 0 Å². The average molecular weight is 423 g/mol. The summed E-state index contributed by atoms with van der Waals surface area (Å²) < 4.78 is 5.40. The van der Waals surface area contributed by atoms with Gasteiger partial charge in [0, 0.05) is 5.56 Å². The van der Waals surface area contributed by atoms with E-state index in [0.717, 1.165) is 5.56 Å². The minimum Gasteiger partial charge on any atom is -0.492 e. The summed E-state index contributed by atoms with van der Waals surface area (Å²) in [5.41, 5.74) is 2.17. The van der Waals surface area contributed by atoms with E-state index in [4.69, 9.17) is 16.3 Å². The van der Waals surface area contributed by atoms with E-state index in [2.05, 4.69) is 10.6 Å². The van der Waals surface area contributed by atoms with E-state index >= 15 is 0 Å². The Morgan fingerprint density at radius 1 is 0.967 bits per heavy atom. The van der Waals surface area contributed by atoms with E-state index in [9.17, 15) is 9.59 Å². The molecule has 0 unspecified atom stereocenters. The van der Waals surface area contributed by atoms with E-state index < -0.39 is 0 Å². The van der Waals surface area contributed by atoms with E-state index in [1.54, 1.807) is 42.5 Å². The molecule has 0 radical (unpaired) electrons. The van der Waals surface area contributed by atoms with E-state index in [1.807, 2.05) is 44.2 Å². The van der Waals surface area contributed by atoms with Gasteiger partial charge in [0.05, 0.1) is 28.9 Å². The molecule has 0 saturated heterocycles. The SMILES string of the molecule is CCOc1ccc(C(=O)Nc2ccccc2C(=O)N[C@@H](C)c2ccccc2)cc1Cl. The summed E-state index contributed by atoms with van der Waals surface area (Å²) in [6.45, 7) is 4.25. The first-order chi connectivity index (χ1) is 14.5. The molecule has 154 valence electrons. The van der Waals surface area contributed by atoms with Gasteiger partial charge in [0.1, 0.15) is 5.75 Å². The molecule has 3 aromatic carbocycles. The van der Waals surface area contributed by atoms with Crippen LogP contribution >= 0.6 is 11.6 Å². The quantitative estimate of drug-likeness (QED) is 0.529. The van der Waals surface area contributed by atoms with Crippen molar-refractivity contribution in [3.8, 4) is 5.75 Å². The first-order valence-corrected chi connectivity index (χ1v) is 10.1. The molecule has 0 saturated carbocycles. The predicted molar refractivity (Wildman–Crippen MR) is 119 cm³/mol. The van der Waals surface area contributed by atoms with Crippen LogP contribution in [-0.4, -0.2) is 18.4 Å². The van der Waals surface area contributed by atoms with Crippen LogP contribution in [0.25, 0.3) is 0 Å². The van der Waals surface area contributed by atoms with Crippen LogP contribution in [0.15, 0.2) is 72.8 Å². The highest BCUT2D eigenvalue weighted by Crippen LogP contribution is 2.26. The molecule has 3 aromatic rings. The van der Waals surface area contributed by atoms with Gasteiger partial charge in [-0.25, -0.2) is 0 Å². The van der Waals surface area contributed by atoms with Crippen LogP contribution in [0.3, 0.4) is 0 Å². The molecule has 5 nitrogen and oxygen atoms in total. The third-order valence-electron chi connectivity index (χ3n) is 4.56. The molecule has 0 aromatic heterocycles. The van der Waals surface area contributed by atoms with E-state index in [1.165, 1.54) is 0 Å². The van der Waals surface area contributed by atoms with Crippen molar-refractivity contribution in [2.24, 2.45) is 0 Å². The molecule has 0 aliphatic heterocycles. The molecule has 0 spiro atoms. The van der Waals surface area contributed by atoms with Gasteiger partial charge in [0.25, 0.3) is 11.8 Å². The maximum absolute atomic E-state index is 12.8. The summed E-state index contributed by atoms with van der Waals surface area (Å²) in [6.07, 6.45) is 0. The zero-order valence-electron chi connectivity index (χ0n) is 16.8. The maximum Gasteiger partial charge on any atom is 0.255 e. The molecule has 0 aliphatic carbocycles. The molecule has 1 atom stereocenters. The Labute approximate surface area is 181 Å². The van der Waals surface area contributed by atoms with Crippen LogP contribution in [0.2, 0.25) is 5.02 Å². The highest BCUT2D eigenvalue weighted by Gasteiger charge is 2.17. The van der Waals surface area contributed by atoms with Crippen LogP contribution in [0.1, 0.15) is 46.2 Å². The van der Waals surface area contributed by atoms with Gasteiger partial charge in [-0.1, -0.05) is 54.1 Å². The highest BCUT2D eigenvalue weighted by atomic mass is 35.5. The van der Waals surface area contributed by atoms with Crippen molar-refractivity contribution >= 4 is 29.1 Å². The number of hydrogen-bond acceptors (Lipinski definition) is 3. The van der Waals surface area contributed by atoms with Gasteiger partial charge in [-0.2, -0.15) is 0 Å². The summed E-state index contributed by atoms with van der Waals surface area (Å²) in [6, 6.07) is 21.2. The van der Waals surface area contributed by atoms with Crippen molar-refractivity contribution in [1.29, 1.82) is 0 Å². The number of para-hydroxylation sites is 1. The zero-order valence-corrected chi connectivity index (χ0v) is 17.6. The van der Waals surface area contributed by atoms with Crippen molar-refractivity contribution < 1.29 is 14.3 Å². The fraction of sp³-hybridized carbons (Fsp3) is 0.167. The van der Waals surface area contributed by atoms with Crippen LogP contribution < -0.4 is 15.4 Å². The number of hydrogen-bond donors (Lipinski definition) is 2. The Bertz CT molecular complexity index is 1040. The fourth-order valence-corrected chi connectivity index (χ4v) is 3.23. The molecule has 0 fully saturated rings. The Balaban J connectivity index is 1.75. The number of carbonyl (C=O) groups excluding carboxylic acids is 2. The molecule has 0 heterocycles. The van der Waals surface area contributed by atoms with Crippen LogP contribution in [0.5, 0.6) is 5.75 Å². The number of anilines is 1. The van der Waals surface area contributed by atoms with Crippen LogP contribution in [0.4, 0.5) is 5.69 Å². The standard InChI is InChI=1S/C24H23ClN2O3/c1-3-30-22-14-13-18(15-20(22)25)23(28)27-21-12-8-7-11-19(21)24(29)26-16(2)17-9-5-4-6-10-17/h4-16H,3H2,1-2H3,(H,26,29)(H,27,28)/t16-/m0/s1. The lowest BCUT2D eigenvalue weighted by Crippen LogP contribution is -2.28. The number of halogens is 1. The Morgan fingerprint density at radius 2 is 1.67 bits per heavy atom. The number of carbonyl (C=O) groups is 2. The number of rotatable bonds is 7. The molecule has 6 heteroatoms. The first kappa shape index (κ1) is 21.4. The Morgan fingerprint density at radius 3 is 2.37 bits per heavy atom. The first-order valence-electron chi connectivity index (χ1n) is 9.68. The maximum atomic E-state index is 12.8. The van der Waals surface area contributed by atoms with Gasteiger partial charge in [0.2, 0.25) is 0 Å². The summed E-state index contributed by atoms with van der Waals surface area (Å²) >= 11 is 6.18. The largest absolute Gasteiger partial charge is 0.492 e. The topological polar surface area (TPSA) is 67.4 Å². The van der Waals surface area contributed by atoms with Crippen molar-refractivity contribution in [2.45, 2.75) is 19.9 Å². The number of amides is 2. The van der Waals surface area contributed by atoms with Crippen LogP contribution in [0, 0.1) is 0 Å². The molecular weight excluding hydrogens is 400 g/mol. The minimum absolute atomic E-state index is 0.174. The third-order valence-corrected chi connectivity index (χ3v) is 4.86. The molecule has 0 bridgehead atoms. The van der Waals surface area contributed by atoms with Gasteiger partial charge in [-0.15, -0.1) is 0 Å². The van der Waals surface area contributed by atoms with E-state index in [0.29, 0.717) is 34.2 Å². The molecule has 2 amide bonds. The lowest BCUT2D eigenvalue weighted by molar-refractivity contribution is 0.0941. The number of benzene rings is 3. The summed E-state index contributed by atoms with van der Waals surface area (Å²) in [5.74, 6) is -0.117. The van der Waals surface area contributed by atoms with Crippen molar-refractivity contribution in [1.82, 2.24) is 5.32 Å². The van der Waals surface area contributed by atoms with E-state index in [-0.39, 0.29) is 17.9 Å². The second kappa shape index (κ2) is 9.94. The van der Waals surface area contributed by atoms with Gasteiger partial charge in [0.15, 0.2) is 0 Å². The second-order valence-electron chi connectivity index (χ2n) is 6.68. The minimum atomic E-state index is -0.365. The highest BCUT2D eigenvalue weighted by molar-refractivity contribution is 6.32. The summed E-state index contributed by atoms with van der Waals surface area (Å²) in [5, 5.41) is 6.12. The van der Waals surface area contributed by atoms with Gasteiger partial charge in [-0.3, -0.25) is 9.59 Å². The molecule has 0 aliphatic rings. The molecular formula is C24H23ClN2O3. The summed E-state index contributed by atoms with van der Waals surface area (Å²) in [4.78, 5) is 25.5. The van der Waals surface area contributed by atoms with Gasteiger partial charge in [-0.05, 0) is 49.7 Å². The number of ether oxygens (including phenoxy) is 1. The lowest BCUT2D eigenvalue weighted by atomic mass is 10.1. The monoisotopic (exact) mass is 422 g/mol. The molecule has 30 heavy (non-hydrogen) atoms. The summed E-state index contributed by atoms with van der Waals surface area (Å²) in [7, 11) is 0. The zero-order chi connectivity index (χ0) is 21.5. The average Bonchev–Trinajstić information content (AvgIpc) is 2.76. The van der Waals surface area contributed by atoms with Crippen molar-refractivity contribution in [2.75, 3.05) is 11.9 Å².